The van der Waals surface area contributed by atoms with Gasteiger partial charge in [0.1, 0.15) is 17.6 Å². The number of aromatic nitrogens is 2. The maximum Gasteiger partial charge on any atom is 0.408 e. The van der Waals surface area contributed by atoms with Gasteiger partial charge in [-0.25, -0.2) is 14.8 Å². The van der Waals surface area contributed by atoms with E-state index in [2.05, 4.69) is 36.1 Å². The van der Waals surface area contributed by atoms with Crippen molar-refractivity contribution in [2.45, 2.75) is 38.0 Å². The van der Waals surface area contributed by atoms with E-state index in [0.29, 0.717) is 18.1 Å². The zero-order valence-electron chi connectivity index (χ0n) is 17.0. The number of halogens is 4. The Kier molecular flexibility index (Phi) is 5.97. The molecule has 0 radical (unpaired) electrons. The number of carbonyl (C=O) groups is 2. The lowest BCUT2D eigenvalue weighted by Crippen LogP contribution is -2.56. The van der Waals surface area contributed by atoms with E-state index in [9.17, 15) is 22.8 Å². The molecule has 2 aromatic rings. The summed E-state index contributed by atoms with van der Waals surface area (Å²) in [6.45, 7) is 2.23. The summed E-state index contributed by atoms with van der Waals surface area (Å²) in [5.74, 6) is -0.393. The van der Waals surface area contributed by atoms with Gasteiger partial charge < -0.3 is 10.2 Å². The molecule has 2 aromatic heterocycles. The van der Waals surface area contributed by atoms with Crippen LogP contribution >= 0.6 is 15.9 Å². The zero-order chi connectivity index (χ0) is 23.0. The molecule has 4 rings (SSSR count). The van der Waals surface area contributed by atoms with Crippen LogP contribution < -0.4 is 20.4 Å². The minimum absolute atomic E-state index is 0.191. The van der Waals surface area contributed by atoms with Gasteiger partial charge in [-0.2, -0.15) is 13.2 Å². The molecule has 0 aromatic carbocycles. The summed E-state index contributed by atoms with van der Waals surface area (Å²) in [5, 5.41) is 4.64. The number of rotatable bonds is 3. The van der Waals surface area contributed by atoms with Gasteiger partial charge in [0.05, 0.1) is 11.7 Å². The summed E-state index contributed by atoms with van der Waals surface area (Å²) < 4.78 is 39.3. The van der Waals surface area contributed by atoms with E-state index in [1.165, 1.54) is 17.2 Å². The average Bonchev–Trinajstić information content (AvgIpc) is 2.73. The van der Waals surface area contributed by atoms with Gasteiger partial charge in [0.15, 0.2) is 5.82 Å². The Balaban J connectivity index is 1.65. The summed E-state index contributed by atoms with van der Waals surface area (Å²) in [4.78, 5) is 37.6. The van der Waals surface area contributed by atoms with E-state index >= 15 is 0 Å². The van der Waals surface area contributed by atoms with Gasteiger partial charge in [-0.1, -0.05) is 15.9 Å². The monoisotopic (exact) mass is 512 g/mol. The lowest BCUT2D eigenvalue weighted by Gasteiger charge is -2.45. The molecule has 8 nitrogen and oxygen atoms in total. The first-order chi connectivity index (χ1) is 15.1. The third-order valence-electron chi connectivity index (χ3n) is 5.43. The van der Waals surface area contributed by atoms with Crippen molar-refractivity contribution in [2.75, 3.05) is 28.2 Å². The van der Waals surface area contributed by atoms with Crippen molar-refractivity contribution in [1.29, 1.82) is 0 Å². The number of carbonyl (C=O) groups excluding carboxylic acids is 2. The smallest absolute Gasteiger partial charge is 0.366 e. The number of fused-ring (bicyclic) bond motifs is 4. The summed E-state index contributed by atoms with van der Waals surface area (Å²) in [7, 11) is 0. The number of piperidine rings is 1. The van der Waals surface area contributed by atoms with Gasteiger partial charge in [-0.3, -0.25) is 15.0 Å². The van der Waals surface area contributed by atoms with Gasteiger partial charge in [0, 0.05) is 23.8 Å². The third-order valence-corrected chi connectivity index (χ3v) is 5.93. The Morgan fingerprint density at radius 3 is 2.78 bits per heavy atom. The molecule has 1 fully saturated rings. The van der Waals surface area contributed by atoms with Crippen molar-refractivity contribution in [3.05, 3.63) is 40.6 Å². The molecule has 4 heterocycles. The highest BCUT2D eigenvalue weighted by Gasteiger charge is 2.40. The molecule has 1 saturated heterocycles. The zero-order valence-corrected chi connectivity index (χ0v) is 18.6. The van der Waals surface area contributed by atoms with Crippen molar-refractivity contribution in [2.24, 2.45) is 0 Å². The fraction of sp³-hybridized carbons (Fsp3) is 0.400. The van der Waals surface area contributed by atoms with Crippen LogP contribution in [0, 0.1) is 0 Å². The molecule has 32 heavy (non-hydrogen) atoms. The summed E-state index contributed by atoms with van der Waals surface area (Å²) >= 11 is 3.33. The van der Waals surface area contributed by atoms with Crippen molar-refractivity contribution >= 4 is 45.2 Å². The second-order valence-corrected chi connectivity index (χ2v) is 8.59. The first-order valence-electron chi connectivity index (χ1n) is 9.99. The predicted octanol–water partition coefficient (Wildman–Crippen LogP) is 3.94. The standard InChI is InChI=1S/C20H20BrF3N6O2/c1-11(20(22,23)24)26-18(31)14-4-5-15-17(27-14)30(13-3-2-8-29(15)10-13)19(32)28-16-9-12(21)6-7-25-16/h4-7,9,11,13H,2-3,8,10H2,1H3,(H,26,31)(H,25,28,32)/t11-,13?/m1/s1. The van der Waals surface area contributed by atoms with E-state index in [4.69, 9.17) is 0 Å². The molecular formula is C20H20BrF3N6O2. The maximum atomic E-state index is 13.2. The van der Waals surface area contributed by atoms with Gasteiger partial charge in [0.2, 0.25) is 0 Å². The van der Waals surface area contributed by atoms with Crippen LogP contribution in [0.3, 0.4) is 0 Å². The Labute approximate surface area is 190 Å². The van der Waals surface area contributed by atoms with Crippen LogP contribution in [0.2, 0.25) is 0 Å². The summed E-state index contributed by atoms with van der Waals surface area (Å²) in [6, 6.07) is 3.66. The number of amides is 3. The van der Waals surface area contributed by atoms with Gasteiger partial charge in [-0.15, -0.1) is 0 Å². The van der Waals surface area contributed by atoms with Crippen LogP contribution in [0.4, 0.5) is 35.3 Å². The largest absolute Gasteiger partial charge is 0.408 e. The quantitative estimate of drug-likeness (QED) is 0.649. The Hall–Kier alpha value is -2.89. The molecule has 12 heteroatoms. The molecule has 2 N–H and O–H groups in total. The Bertz CT molecular complexity index is 1050. The number of nitrogens with one attached hydrogen (secondary N) is 2. The minimum atomic E-state index is -4.57. The topological polar surface area (TPSA) is 90.5 Å². The number of pyridine rings is 2. The number of hydrogen-bond donors (Lipinski definition) is 2. The van der Waals surface area contributed by atoms with Crippen molar-refractivity contribution in [3.8, 4) is 0 Å². The number of urea groups is 1. The highest BCUT2D eigenvalue weighted by atomic mass is 79.9. The van der Waals surface area contributed by atoms with Gasteiger partial charge in [-0.05, 0) is 44.0 Å². The molecular weight excluding hydrogens is 493 g/mol. The number of anilines is 3. The number of nitrogens with zero attached hydrogens (tertiary/aromatic N) is 4. The Morgan fingerprint density at radius 1 is 1.28 bits per heavy atom. The van der Waals surface area contributed by atoms with Crippen molar-refractivity contribution in [3.63, 3.8) is 0 Å². The molecule has 0 saturated carbocycles. The summed E-state index contributed by atoms with van der Waals surface area (Å²) in [5.41, 5.74) is 0.457. The van der Waals surface area contributed by atoms with E-state index < -0.39 is 24.2 Å². The first kappa shape index (κ1) is 22.3. The van der Waals surface area contributed by atoms with Crippen molar-refractivity contribution in [1.82, 2.24) is 15.3 Å². The SMILES string of the molecule is C[C@@H](NC(=O)c1ccc2c(n1)N(C(=O)Nc1cc(Br)ccn1)C1CCCN2C1)C(F)(F)F. The van der Waals surface area contributed by atoms with E-state index in [1.807, 2.05) is 5.32 Å². The summed E-state index contributed by atoms with van der Waals surface area (Å²) in [6.07, 6.45) is -1.43. The molecule has 2 bridgehead atoms. The van der Waals surface area contributed by atoms with E-state index in [0.717, 1.165) is 30.8 Å². The maximum absolute atomic E-state index is 13.2. The second-order valence-electron chi connectivity index (χ2n) is 7.68. The lowest BCUT2D eigenvalue weighted by molar-refractivity contribution is -0.149. The van der Waals surface area contributed by atoms with Crippen molar-refractivity contribution < 1.29 is 22.8 Å². The Morgan fingerprint density at radius 2 is 2.06 bits per heavy atom. The molecule has 1 unspecified atom stereocenters. The van der Waals surface area contributed by atoms with E-state index in [-0.39, 0.29) is 17.6 Å². The molecule has 2 aliphatic rings. The molecule has 2 atom stereocenters. The fourth-order valence-electron chi connectivity index (χ4n) is 3.81. The van der Waals surface area contributed by atoms with E-state index in [1.54, 1.807) is 18.2 Å². The number of alkyl halides is 3. The highest BCUT2D eigenvalue weighted by molar-refractivity contribution is 9.10. The number of hydrogen-bond acceptors (Lipinski definition) is 5. The van der Waals surface area contributed by atoms with Crippen LogP contribution in [0.25, 0.3) is 0 Å². The molecule has 0 aliphatic carbocycles. The molecule has 170 valence electrons. The normalized spacial score (nSPS) is 18.6. The second kappa shape index (κ2) is 8.57. The lowest BCUT2D eigenvalue weighted by atomic mass is 9.99. The average molecular weight is 513 g/mol. The van der Waals surface area contributed by atoms with Crippen LogP contribution in [-0.2, 0) is 0 Å². The highest BCUT2D eigenvalue weighted by Crippen LogP contribution is 2.38. The van der Waals surface area contributed by atoms with Crippen LogP contribution in [0.5, 0.6) is 0 Å². The fourth-order valence-corrected chi connectivity index (χ4v) is 4.14. The van der Waals surface area contributed by atoms with Crippen LogP contribution in [0.15, 0.2) is 34.9 Å². The molecule has 2 aliphatic heterocycles. The molecule has 3 amide bonds. The minimum Gasteiger partial charge on any atom is -0.366 e. The van der Waals surface area contributed by atoms with Gasteiger partial charge >= 0.3 is 12.2 Å². The van der Waals surface area contributed by atoms with Crippen LogP contribution in [0.1, 0.15) is 30.3 Å². The van der Waals surface area contributed by atoms with Gasteiger partial charge in [0.25, 0.3) is 5.91 Å². The van der Waals surface area contributed by atoms with Crippen LogP contribution in [-0.4, -0.2) is 53.3 Å². The third kappa shape index (κ3) is 4.50. The predicted molar refractivity (Wildman–Crippen MR) is 116 cm³/mol. The molecule has 0 spiro atoms. The first-order valence-corrected chi connectivity index (χ1v) is 10.8.